The van der Waals surface area contributed by atoms with Gasteiger partial charge in [-0.15, -0.1) is 0 Å². The molecule has 2 N–H and O–H groups in total. The van der Waals surface area contributed by atoms with E-state index in [1.54, 1.807) is 4.90 Å². The zero-order valence-electron chi connectivity index (χ0n) is 19.6. The molecule has 5 rings (SSSR count). The average Bonchev–Trinajstić information content (AvgIpc) is 3.30. The first-order chi connectivity index (χ1) is 15.9. The van der Waals surface area contributed by atoms with Gasteiger partial charge in [0.25, 0.3) is 0 Å². The summed E-state index contributed by atoms with van der Waals surface area (Å²) in [5.74, 6) is -4.08. The normalized spacial score (nSPS) is 37.5. The van der Waals surface area contributed by atoms with E-state index in [-0.39, 0.29) is 56.3 Å². The van der Waals surface area contributed by atoms with Gasteiger partial charge in [-0.3, -0.25) is 14.5 Å². The second-order valence-corrected chi connectivity index (χ2v) is 13.3. The number of hydrogen-bond acceptors (Lipinski definition) is 6. The fourth-order valence-corrected chi connectivity index (χ4v) is 7.90. The molecule has 2 aliphatic heterocycles. The molecule has 34 heavy (non-hydrogen) atoms. The quantitative estimate of drug-likeness (QED) is 0.549. The number of hydrogen-bond donors (Lipinski definition) is 2. The van der Waals surface area contributed by atoms with E-state index >= 15 is 0 Å². The predicted molar refractivity (Wildman–Crippen MR) is 118 cm³/mol. The molecule has 3 amide bonds. The number of halogens is 2. The molecule has 0 bridgehead atoms. The van der Waals surface area contributed by atoms with Crippen LogP contribution in [0.2, 0.25) is 0 Å². The molecule has 5 unspecified atom stereocenters. The first-order valence-electron chi connectivity index (χ1n) is 12.3. The van der Waals surface area contributed by atoms with E-state index in [0.29, 0.717) is 19.3 Å². The van der Waals surface area contributed by atoms with Gasteiger partial charge in [0.15, 0.2) is 0 Å². The Hall–Kier alpha value is -1.37. The third kappa shape index (κ3) is 4.70. The Kier molecular flexibility index (Phi) is 5.97. The standard InChI is InChI=1S/C22H34F2N4O5S/c1-13-7-15(33-25-13)12-28-19(29)17-8-16(34(31,32)26-21(2)5-6-21)3-4-18(17)27(20(28)30)11-14-9-22(23,24)10-14/h13-18,25-26H,3-12H2,1-2H3. The van der Waals surface area contributed by atoms with Gasteiger partial charge in [0.05, 0.1) is 23.8 Å². The highest BCUT2D eigenvalue weighted by Crippen LogP contribution is 2.45. The maximum atomic E-state index is 13.5. The van der Waals surface area contributed by atoms with Crippen LogP contribution in [-0.2, 0) is 19.7 Å². The first-order valence-corrected chi connectivity index (χ1v) is 13.8. The van der Waals surface area contributed by atoms with Crippen LogP contribution < -0.4 is 10.2 Å². The Balaban J connectivity index is 1.35. The van der Waals surface area contributed by atoms with Crippen molar-refractivity contribution in [1.29, 1.82) is 0 Å². The number of alkyl halides is 2. The van der Waals surface area contributed by atoms with Crippen molar-refractivity contribution in [1.82, 2.24) is 20.0 Å². The predicted octanol–water partition coefficient (Wildman–Crippen LogP) is 1.99. The van der Waals surface area contributed by atoms with Gasteiger partial charge in [0, 0.05) is 37.0 Å². The Bertz CT molecular complexity index is 951. The van der Waals surface area contributed by atoms with Gasteiger partial charge < -0.3 is 4.90 Å². The summed E-state index contributed by atoms with van der Waals surface area (Å²) in [6.45, 7) is 4.02. The average molecular weight is 505 g/mol. The van der Waals surface area contributed by atoms with Crippen LogP contribution in [0.4, 0.5) is 13.6 Å². The molecule has 5 atom stereocenters. The summed E-state index contributed by atoms with van der Waals surface area (Å²) in [5.41, 5.74) is 2.43. The van der Waals surface area contributed by atoms with Crippen molar-refractivity contribution in [3.8, 4) is 0 Å². The molecule has 3 aliphatic carbocycles. The highest BCUT2D eigenvalue weighted by molar-refractivity contribution is 7.90. The van der Waals surface area contributed by atoms with E-state index in [0.717, 1.165) is 17.7 Å². The lowest BCUT2D eigenvalue weighted by atomic mass is 9.77. The molecule has 3 saturated carbocycles. The molecule has 0 spiro atoms. The van der Waals surface area contributed by atoms with Gasteiger partial charge in [-0.25, -0.2) is 26.7 Å². The Morgan fingerprint density at radius 1 is 1.15 bits per heavy atom. The van der Waals surface area contributed by atoms with Crippen LogP contribution in [0.3, 0.4) is 0 Å². The molecule has 5 fully saturated rings. The van der Waals surface area contributed by atoms with Crippen molar-refractivity contribution >= 4 is 22.0 Å². The minimum atomic E-state index is -3.62. The molecule has 0 aromatic rings. The molecule has 2 saturated heterocycles. The number of fused-ring (bicyclic) bond motifs is 1. The third-order valence-electron chi connectivity index (χ3n) is 8.12. The van der Waals surface area contributed by atoms with Crippen molar-refractivity contribution in [2.45, 2.75) is 100 Å². The molecule has 9 nitrogen and oxygen atoms in total. The molecule has 0 aromatic heterocycles. The highest BCUT2D eigenvalue weighted by Gasteiger charge is 2.54. The third-order valence-corrected chi connectivity index (χ3v) is 10.2. The molecule has 2 heterocycles. The van der Waals surface area contributed by atoms with E-state index in [1.807, 2.05) is 13.8 Å². The number of imide groups is 1. The second kappa shape index (κ2) is 8.35. The van der Waals surface area contributed by atoms with E-state index in [1.165, 1.54) is 0 Å². The highest BCUT2D eigenvalue weighted by atomic mass is 32.2. The van der Waals surface area contributed by atoms with Crippen LogP contribution in [0.5, 0.6) is 0 Å². The number of urea groups is 1. The minimum absolute atomic E-state index is 0.0588. The number of sulfonamides is 1. The molecular formula is C22H34F2N4O5S. The monoisotopic (exact) mass is 504 g/mol. The fourth-order valence-electron chi connectivity index (χ4n) is 5.94. The Morgan fingerprint density at radius 3 is 2.44 bits per heavy atom. The summed E-state index contributed by atoms with van der Waals surface area (Å²) >= 11 is 0. The van der Waals surface area contributed by atoms with Crippen molar-refractivity contribution < 1.29 is 31.6 Å². The summed E-state index contributed by atoms with van der Waals surface area (Å²) in [6.07, 6.45) is 2.12. The SMILES string of the molecule is CC1CC(CN2C(=O)C3CC(S(=O)(=O)NC4(C)CC4)CCC3N(CC3CC(F)(F)C3)C2=O)ON1. The van der Waals surface area contributed by atoms with E-state index in [4.69, 9.17) is 4.84 Å². The molecule has 12 heteroatoms. The summed E-state index contributed by atoms with van der Waals surface area (Å²) in [6, 6.07) is -0.857. The maximum absolute atomic E-state index is 13.5. The van der Waals surface area contributed by atoms with Gasteiger partial charge in [-0.1, -0.05) is 0 Å². The number of nitrogens with one attached hydrogen (secondary N) is 2. The minimum Gasteiger partial charge on any atom is -0.320 e. The lowest BCUT2D eigenvalue weighted by Crippen LogP contribution is -2.66. The van der Waals surface area contributed by atoms with E-state index < -0.39 is 44.7 Å². The van der Waals surface area contributed by atoms with Crippen molar-refractivity contribution in [3.05, 3.63) is 0 Å². The Morgan fingerprint density at radius 2 is 1.85 bits per heavy atom. The number of carbonyl (C=O) groups excluding carboxylic acids is 2. The molecule has 5 aliphatic rings. The van der Waals surface area contributed by atoms with Crippen molar-refractivity contribution in [2.24, 2.45) is 11.8 Å². The van der Waals surface area contributed by atoms with Gasteiger partial charge in [0.2, 0.25) is 21.9 Å². The van der Waals surface area contributed by atoms with Gasteiger partial charge in [-0.05, 0) is 58.3 Å². The fraction of sp³-hybridized carbons (Fsp3) is 0.909. The summed E-state index contributed by atoms with van der Waals surface area (Å²) in [7, 11) is -3.62. The number of rotatable bonds is 7. The van der Waals surface area contributed by atoms with Crippen molar-refractivity contribution in [3.63, 3.8) is 0 Å². The molecular weight excluding hydrogens is 470 g/mol. The lowest BCUT2D eigenvalue weighted by Gasteiger charge is -2.50. The van der Waals surface area contributed by atoms with Crippen LogP contribution in [0.25, 0.3) is 0 Å². The van der Waals surface area contributed by atoms with Crippen molar-refractivity contribution in [2.75, 3.05) is 13.1 Å². The number of carbonyl (C=O) groups is 2. The number of nitrogens with zero attached hydrogens (tertiary/aromatic N) is 2. The van der Waals surface area contributed by atoms with Gasteiger partial charge >= 0.3 is 6.03 Å². The van der Waals surface area contributed by atoms with Gasteiger partial charge in [0.1, 0.15) is 0 Å². The van der Waals surface area contributed by atoms with Crippen LogP contribution in [0.1, 0.15) is 65.2 Å². The first kappa shape index (κ1) is 24.3. The van der Waals surface area contributed by atoms with E-state index in [9.17, 15) is 26.8 Å². The van der Waals surface area contributed by atoms with Crippen LogP contribution >= 0.6 is 0 Å². The molecule has 0 radical (unpaired) electrons. The van der Waals surface area contributed by atoms with Gasteiger partial charge in [-0.2, -0.15) is 5.48 Å². The lowest BCUT2D eigenvalue weighted by molar-refractivity contribution is -0.146. The zero-order chi connectivity index (χ0) is 24.5. The summed E-state index contributed by atoms with van der Waals surface area (Å²) in [4.78, 5) is 35.1. The van der Waals surface area contributed by atoms with Crippen LogP contribution in [0.15, 0.2) is 0 Å². The van der Waals surface area contributed by atoms with E-state index in [2.05, 4.69) is 10.2 Å². The second-order valence-electron chi connectivity index (χ2n) is 11.3. The smallest absolute Gasteiger partial charge is 0.320 e. The summed E-state index contributed by atoms with van der Waals surface area (Å²) in [5, 5.41) is -0.718. The summed E-state index contributed by atoms with van der Waals surface area (Å²) < 4.78 is 55.8. The maximum Gasteiger partial charge on any atom is 0.327 e. The topological polar surface area (TPSA) is 108 Å². The number of hydroxylamine groups is 1. The van der Waals surface area contributed by atoms with Crippen LogP contribution in [-0.4, -0.2) is 78.1 Å². The molecule has 192 valence electrons. The zero-order valence-corrected chi connectivity index (χ0v) is 20.5. The Labute approximate surface area is 198 Å². The largest absolute Gasteiger partial charge is 0.327 e. The molecule has 0 aromatic carbocycles. The van der Waals surface area contributed by atoms with Crippen LogP contribution in [0, 0.1) is 11.8 Å². The number of amides is 3.